The van der Waals surface area contributed by atoms with Crippen molar-refractivity contribution in [2.45, 2.75) is 38.4 Å². The Morgan fingerprint density at radius 3 is 2.80 bits per heavy atom. The van der Waals surface area contributed by atoms with Crippen molar-refractivity contribution in [1.29, 1.82) is 0 Å². The van der Waals surface area contributed by atoms with Gasteiger partial charge in [-0.15, -0.1) is 0 Å². The largest absolute Gasteiger partial charge is 0.433 e. The number of aliphatic imine (C=N–C) groups is 1. The van der Waals surface area contributed by atoms with Gasteiger partial charge < -0.3 is 11.1 Å². The van der Waals surface area contributed by atoms with Crippen LogP contribution in [0.3, 0.4) is 0 Å². The number of guanidine groups is 1. The van der Waals surface area contributed by atoms with Gasteiger partial charge in [-0.1, -0.05) is 12.1 Å². The second kappa shape index (κ2) is 7.08. The standard InChI is InChI=1S/C17H18F3N5/c18-17(19,20)14-8-9-22-15(25-14)10-23-16(21)24-13-7-3-5-11-4-1-2-6-12(11)13/h3,5,7-9H,1-2,4,6,10H2,(H3,21,23,24). The molecule has 0 saturated heterocycles. The maximum atomic E-state index is 12.7. The van der Waals surface area contributed by atoms with Gasteiger partial charge in [0.25, 0.3) is 0 Å². The minimum atomic E-state index is -4.51. The van der Waals surface area contributed by atoms with Crippen molar-refractivity contribution in [3.8, 4) is 0 Å². The van der Waals surface area contributed by atoms with Crippen molar-refractivity contribution >= 4 is 11.6 Å². The molecule has 0 spiro atoms. The topological polar surface area (TPSA) is 76.2 Å². The third-order valence-electron chi connectivity index (χ3n) is 4.05. The summed E-state index contributed by atoms with van der Waals surface area (Å²) < 4.78 is 38.0. The number of alkyl halides is 3. The van der Waals surface area contributed by atoms with Gasteiger partial charge in [-0.25, -0.2) is 15.0 Å². The van der Waals surface area contributed by atoms with E-state index < -0.39 is 11.9 Å². The van der Waals surface area contributed by atoms with Gasteiger partial charge in [0.1, 0.15) is 18.1 Å². The van der Waals surface area contributed by atoms with Crippen LogP contribution in [0.25, 0.3) is 0 Å². The number of nitrogens with zero attached hydrogens (tertiary/aromatic N) is 3. The molecular formula is C17H18F3N5. The number of nitrogens with one attached hydrogen (secondary N) is 1. The molecule has 1 aromatic heterocycles. The van der Waals surface area contributed by atoms with Crippen LogP contribution >= 0.6 is 0 Å². The van der Waals surface area contributed by atoms with Crippen molar-refractivity contribution in [2.24, 2.45) is 10.7 Å². The maximum Gasteiger partial charge on any atom is 0.433 e. The number of hydrogen-bond acceptors (Lipinski definition) is 3. The SMILES string of the molecule is NC(=NCc1nccc(C(F)(F)F)n1)Nc1cccc2c1CCCC2. The molecule has 0 radical (unpaired) electrons. The van der Waals surface area contributed by atoms with E-state index in [0.717, 1.165) is 37.2 Å². The molecule has 1 aromatic carbocycles. The van der Waals surface area contributed by atoms with Crippen LogP contribution in [0.5, 0.6) is 0 Å². The van der Waals surface area contributed by atoms with Crippen LogP contribution in [-0.2, 0) is 25.6 Å². The third-order valence-corrected chi connectivity index (χ3v) is 4.05. The second-order valence-corrected chi connectivity index (χ2v) is 5.83. The Balaban J connectivity index is 1.71. The molecule has 0 aliphatic heterocycles. The third kappa shape index (κ3) is 4.26. The zero-order chi connectivity index (χ0) is 17.9. The highest BCUT2D eigenvalue weighted by Gasteiger charge is 2.32. The highest BCUT2D eigenvalue weighted by atomic mass is 19.4. The molecule has 25 heavy (non-hydrogen) atoms. The molecule has 3 N–H and O–H groups in total. The minimum absolute atomic E-state index is 0.0327. The first-order valence-electron chi connectivity index (χ1n) is 8.00. The van der Waals surface area contributed by atoms with E-state index in [9.17, 15) is 13.2 Å². The molecule has 0 fully saturated rings. The van der Waals surface area contributed by atoms with Gasteiger partial charge in [-0.05, 0) is 48.9 Å². The van der Waals surface area contributed by atoms with Crippen LogP contribution in [0.2, 0.25) is 0 Å². The summed E-state index contributed by atoms with van der Waals surface area (Å²) in [5, 5.41) is 3.04. The summed E-state index contributed by atoms with van der Waals surface area (Å²) in [6, 6.07) is 6.80. The summed E-state index contributed by atoms with van der Waals surface area (Å²) in [6.45, 7) is -0.127. The maximum absolute atomic E-state index is 12.7. The first kappa shape index (κ1) is 17.2. The summed E-state index contributed by atoms with van der Waals surface area (Å²) in [5.41, 5.74) is 8.30. The van der Waals surface area contributed by atoms with Gasteiger partial charge in [-0.3, -0.25) is 0 Å². The van der Waals surface area contributed by atoms with Crippen LogP contribution in [0, 0.1) is 0 Å². The molecule has 0 unspecified atom stereocenters. The Bertz CT molecular complexity index is 786. The van der Waals surface area contributed by atoms with Gasteiger partial charge in [0.05, 0.1) is 0 Å². The van der Waals surface area contributed by atoms with E-state index in [2.05, 4.69) is 26.3 Å². The number of fused-ring (bicyclic) bond motifs is 1. The van der Waals surface area contributed by atoms with Gasteiger partial charge in [0.2, 0.25) is 0 Å². The fraction of sp³-hybridized carbons (Fsp3) is 0.353. The molecule has 1 aliphatic rings. The van der Waals surface area contributed by atoms with Crippen molar-refractivity contribution in [2.75, 3.05) is 5.32 Å². The van der Waals surface area contributed by atoms with Crippen molar-refractivity contribution < 1.29 is 13.2 Å². The van der Waals surface area contributed by atoms with Gasteiger partial charge in [-0.2, -0.15) is 13.2 Å². The average molecular weight is 349 g/mol. The summed E-state index contributed by atoms with van der Waals surface area (Å²) >= 11 is 0. The van der Waals surface area contributed by atoms with Gasteiger partial charge >= 0.3 is 6.18 Å². The van der Waals surface area contributed by atoms with E-state index >= 15 is 0 Å². The van der Waals surface area contributed by atoms with Crippen molar-refractivity contribution in [3.63, 3.8) is 0 Å². The average Bonchev–Trinajstić information content (AvgIpc) is 2.60. The van der Waals surface area contributed by atoms with Gasteiger partial charge in [0.15, 0.2) is 5.96 Å². The Labute approximate surface area is 143 Å². The molecule has 5 nitrogen and oxygen atoms in total. The number of benzene rings is 1. The molecule has 0 atom stereocenters. The summed E-state index contributed by atoms with van der Waals surface area (Å²) in [5.74, 6) is 0.0923. The summed E-state index contributed by atoms with van der Waals surface area (Å²) in [4.78, 5) is 11.3. The Hall–Kier alpha value is -2.64. The smallest absolute Gasteiger partial charge is 0.370 e. The predicted molar refractivity (Wildman–Crippen MR) is 89.1 cm³/mol. The normalized spacial score (nSPS) is 14.9. The number of nitrogens with two attached hydrogens (primary N) is 1. The lowest BCUT2D eigenvalue weighted by Crippen LogP contribution is -2.24. The Morgan fingerprint density at radius 2 is 2.00 bits per heavy atom. The monoisotopic (exact) mass is 349 g/mol. The number of rotatable bonds is 3. The lowest BCUT2D eigenvalue weighted by Gasteiger charge is -2.19. The van der Waals surface area contributed by atoms with E-state index in [1.807, 2.05) is 12.1 Å². The number of anilines is 1. The van der Waals surface area contributed by atoms with Crippen molar-refractivity contribution in [1.82, 2.24) is 9.97 Å². The van der Waals surface area contributed by atoms with Crippen molar-refractivity contribution in [3.05, 3.63) is 53.1 Å². The molecular weight excluding hydrogens is 331 g/mol. The van der Waals surface area contributed by atoms with Crippen LogP contribution in [-0.4, -0.2) is 15.9 Å². The first-order chi connectivity index (χ1) is 11.9. The number of halogens is 3. The van der Waals surface area contributed by atoms with Gasteiger partial charge in [0, 0.05) is 11.9 Å². The number of aryl methyl sites for hydroxylation is 1. The Morgan fingerprint density at radius 1 is 1.20 bits per heavy atom. The first-order valence-corrected chi connectivity index (χ1v) is 8.00. The fourth-order valence-corrected chi connectivity index (χ4v) is 2.86. The highest BCUT2D eigenvalue weighted by molar-refractivity contribution is 5.93. The zero-order valence-electron chi connectivity index (χ0n) is 13.5. The molecule has 0 amide bonds. The Kier molecular flexibility index (Phi) is 4.87. The summed E-state index contributed by atoms with van der Waals surface area (Å²) in [7, 11) is 0. The molecule has 0 saturated carbocycles. The van der Waals surface area contributed by atoms with E-state index in [-0.39, 0.29) is 18.3 Å². The lowest BCUT2D eigenvalue weighted by molar-refractivity contribution is -0.141. The minimum Gasteiger partial charge on any atom is -0.370 e. The molecule has 0 bridgehead atoms. The molecule has 2 aromatic rings. The number of hydrogen-bond donors (Lipinski definition) is 2. The lowest BCUT2D eigenvalue weighted by atomic mass is 9.90. The van der Waals surface area contributed by atoms with Crippen LogP contribution in [0.1, 0.15) is 35.5 Å². The molecule has 132 valence electrons. The summed E-state index contributed by atoms with van der Waals surface area (Å²) in [6.07, 6.45) is 0.877. The van der Waals surface area contributed by atoms with Crippen LogP contribution in [0.15, 0.2) is 35.5 Å². The molecule has 1 heterocycles. The van der Waals surface area contributed by atoms with E-state index in [4.69, 9.17) is 5.73 Å². The van der Waals surface area contributed by atoms with Crippen LogP contribution in [0.4, 0.5) is 18.9 Å². The molecule has 1 aliphatic carbocycles. The number of aromatic nitrogens is 2. The van der Waals surface area contributed by atoms with E-state index in [1.54, 1.807) is 0 Å². The van der Waals surface area contributed by atoms with Crippen LogP contribution < -0.4 is 11.1 Å². The quantitative estimate of drug-likeness (QED) is 0.658. The molecule has 3 rings (SSSR count). The zero-order valence-corrected chi connectivity index (χ0v) is 13.5. The molecule has 8 heteroatoms. The van der Waals surface area contributed by atoms with E-state index in [1.165, 1.54) is 17.5 Å². The second-order valence-electron chi connectivity index (χ2n) is 5.83. The van der Waals surface area contributed by atoms with E-state index in [0.29, 0.717) is 0 Å². The predicted octanol–water partition coefficient (Wildman–Crippen LogP) is 3.30. The fourth-order valence-electron chi connectivity index (χ4n) is 2.86. The highest BCUT2D eigenvalue weighted by Crippen LogP contribution is 2.28.